The van der Waals surface area contributed by atoms with Gasteiger partial charge < -0.3 is 5.11 Å². The lowest BCUT2D eigenvalue weighted by atomic mass is 10.3. The maximum absolute atomic E-state index is 11.5. The molecule has 1 aromatic heterocycles. The van der Waals surface area contributed by atoms with Gasteiger partial charge in [0.1, 0.15) is 0 Å². The number of benzene rings is 1. The molecule has 2 aromatic rings. The fourth-order valence-corrected chi connectivity index (χ4v) is 6.94. The van der Waals surface area contributed by atoms with Gasteiger partial charge in [-0.15, -0.1) is 11.3 Å². The first-order valence-electron chi connectivity index (χ1n) is 5.54. The number of aliphatic hydroxyl groups excluding tert-OH is 1. The summed E-state index contributed by atoms with van der Waals surface area (Å²) >= 11 is 8.71. The minimum Gasteiger partial charge on any atom is -0.391 e. The molecule has 1 aliphatic rings. The molecule has 3 rings (SSSR count). The van der Waals surface area contributed by atoms with Gasteiger partial charge in [-0.25, -0.2) is 13.4 Å². The number of rotatable bonds is 2. The zero-order valence-electron chi connectivity index (χ0n) is 9.61. The molecule has 0 spiro atoms. The molecule has 1 fully saturated rings. The third-order valence-corrected chi connectivity index (χ3v) is 7.46. The number of nitrogens with zero attached hydrogens (tertiary/aromatic N) is 1. The highest BCUT2D eigenvalue weighted by atomic mass is 35.5. The summed E-state index contributed by atoms with van der Waals surface area (Å²) in [5, 5.41) is 10.1. The van der Waals surface area contributed by atoms with Crippen molar-refractivity contribution in [2.24, 2.45) is 0 Å². The highest BCUT2D eigenvalue weighted by Crippen LogP contribution is 2.36. The summed E-state index contributed by atoms with van der Waals surface area (Å²) in [5.41, 5.74) is 0.801. The molecule has 1 aliphatic heterocycles. The number of thioether (sulfide) groups is 1. The van der Waals surface area contributed by atoms with Crippen molar-refractivity contribution in [2.45, 2.75) is 15.7 Å². The van der Waals surface area contributed by atoms with Crippen LogP contribution in [0.4, 0.5) is 0 Å². The van der Waals surface area contributed by atoms with Gasteiger partial charge in [0.15, 0.2) is 14.2 Å². The van der Waals surface area contributed by atoms with Crippen LogP contribution in [0, 0.1) is 0 Å². The zero-order valence-corrected chi connectivity index (χ0v) is 12.8. The number of fused-ring (bicyclic) bond motifs is 1. The Bertz CT molecular complexity index is 728. The first-order chi connectivity index (χ1) is 8.93. The van der Waals surface area contributed by atoms with E-state index < -0.39 is 15.9 Å². The summed E-state index contributed by atoms with van der Waals surface area (Å²) in [7, 11) is -3.12. The second-order valence-electron chi connectivity index (χ2n) is 4.39. The summed E-state index contributed by atoms with van der Waals surface area (Å²) in [5.74, 6) is -0.142. The summed E-state index contributed by atoms with van der Waals surface area (Å²) in [4.78, 5) is 4.41. The molecule has 2 heterocycles. The number of sulfone groups is 1. The highest BCUT2D eigenvalue weighted by molar-refractivity contribution is 8.03. The van der Waals surface area contributed by atoms with Crippen molar-refractivity contribution >= 4 is 54.8 Å². The van der Waals surface area contributed by atoms with Crippen LogP contribution >= 0.6 is 34.7 Å². The molecule has 0 aliphatic carbocycles. The molecule has 102 valence electrons. The molecule has 1 aromatic carbocycles. The SMILES string of the molecule is O=S1(=O)C[C@H](O)[C@H](Sc2nc3cc(Cl)ccc3s2)C1. The molecule has 0 bridgehead atoms. The van der Waals surface area contributed by atoms with Crippen LogP contribution in [0.15, 0.2) is 22.5 Å². The Balaban J connectivity index is 1.86. The number of halogens is 1. The average molecular weight is 336 g/mol. The lowest BCUT2D eigenvalue weighted by molar-refractivity contribution is 0.207. The van der Waals surface area contributed by atoms with Gasteiger partial charge in [0.2, 0.25) is 0 Å². The number of hydrogen-bond acceptors (Lipinski definition) is 6. The predicted octanol–water partition coefficient (Wildman–Crippen LogP) is 2.20. The molecule has 1 saturated heterocycles. The lowest BCUT2D eigenvalue weighted by Gasteiger charge is -2.08. The van der Waals surface area contributed by atoms with Crippen LogP contribution in [0.25, 0.3) is 10.2 Å². The van der Waals surface area contributed by atoms with Crippen molar-refractivity contribution in [3.05, 3.63) is 23.2 Å². The van der Waals surface area contributed by atoms with E-state index in [9.17, 15) is 13.5 Å². The summed E-state index contributed by atoms with van der Waals surface area (Å²) in [6, 6.07) is 5.46. The Labute approximate surface area is 123 Å². The number of thiazole rings is 1. The van der Waals surface area contributed by atoms with Crippen molar-refractivity contribution in [3.8, 4) is 0 Å². The summed E-state index contributed by atoms with van der Waals surface area (Å²) < 4.78 is 24.7. The van der Waals surface area contributed by atoms with Gasteiger partial charge in [-0.05, 0) is 18.2 Å². The Kier molecular flexibility index (Phi) is 3.51. The van der Waals surface area contributed by atoms with E-state index in [0.717, 1.165) is 14.6 Å². The second kappa shape index (κ2) is 4.89. The van der Waals surface area contributed by atoms with E-state index in [4.69, 9.17) is 11.6 Å². The molecule has 19 heavy (non-hydrogen) atoms. The van der Waals surface area contributed by atoms with Gasteiger partial charge in [0, 0.05) is 5.02 Å². The van der Waals surface area contributed by atoms with Crippen molar-refractivity contribution < 1.29 is 13.5 Å². The molecule has 8 heteroatoms. The fraction of sp³-hybridized carbons (Fsp3) is 0.364. The van der Waals surface area contributed by atoms with Crippen LogP contribution in [-0.4, -0.2) is 41.4 Å². The average Bonchev–Trinajstić information content (AvgIpc) is 2.79. The van der Waals surface area contributed by atoms with E-state index in [-0.39, 0.29) is 16.8 Å². The Hall–Kier alpha value is -0.340. The number of aliphatic hydroxyl groups is 1. The minimum atomic E-state index is -3.12. The van der Waals surface area contributed by atoms with E-state index in [1.807, 2.05) is 6.07 Å². The molecule has 0 amide bonds. The molecule has 1 N–H and O–H groups in total. The van der Waals surface area contributed by atoms with Crippen LogP contribution in [0.5, 0.6) is 0 Å². The largest absolute Gasteiger partial charge is 0.391 e. The molecule has 0 unspecified atom stereocenters. The Morgan fingerprint density at radius 2 is 2.21 bits per heavy atom. The van der Waals surface area contributed by atoms with Gasteiger partial charge in [0.25, 0.3) is 0 Å². The summed E-state index contributed by atoms with van der Waals surface area (Å²) in [6.45, 7) is 0. The van der Waals surface area contributed by atoms with Crippen molar-refractivity contribution in [1.82, 2.24) is 4.98 Å². The lowest BCUT2D eigenvalue weighted by Crippen LogP contribution is -2.19. The Morgan fingerprint density at radius 1 is 1.42 bits per heavy atom. The molecular weight excluding hydrogens is 326 g/mol. The smallest absolute Gasteiger partial charge is 0.154 e. The van der Waals surface area contributed by atoms with Crippen LogP contribution < -0.4 is 0 Å². The quantitative estimate of drug-likeness (QED) is 0.911. The maximum atomic E-state index is 11.5. The van der Waals surface area contributed by atoms with Gasteiger partial charge in [0.05, 0.1) is 33.1 Å². The monoisotopic (exact) mass is 335 g/mol. The van der Waals surface area contributed by atoms with E-state index in [0.29, 0.717) is 5.02 Å². The summed E-state index contributed by atoms with van der Waals surface area (Å²) in [6.07, 6.45) is -0.814. The molecule has 4 nitrogen and oxygen atoms in total. The Morgan fingerprint density at radius 3 is 2.89 bits per heavy atom. The van der Waals surface area contributed by atoms with E-state index in [1.54, 1.807) is 12.1 Å². The topological polar surface area (TPSA) is 67.3 Å². The van der Waals surface area contributed by atoms with Crippen LogP contribution in [0.1, 0.15) is 0 Å². The molecule has 0 saturated carbocycles. The van der Waals surface area contributed by atoms with E-state index >= 15 is 0 Å². The normalized spacial score (nSPS) is 26.0. The number of hydrogen-bond donors (Lipinski definition) is 1. The number of aromatic nitrogens is 1. The molecular formula is C11H10ClNO3S3. The van der Waals surface area contributed by atoms with Gasteiger partial charge in [-0.1, -0.05) is 23.4 Å². The minimum absolute atomic E-state index is 0.00944. The standard InChI is InChI=1S/C11H10ClNO3S3/c12-6-1-2-9-7(3-6)13-11(17-9)18-10-5-19(15,16)4-8(10)14/h1-3,8,10,14H,4-5H2/t8-,10+/m0/s1. The first kappa shape index (κ1) is 13.6. The van der Waals surface area contributed by atoms with Crippen LogP contribution in [-0.2, 0) is 9.84 Å². The first-order valence-corrected chi connectivity index (χ1v) is 9.44. The van der Waals surface area contributed by atoms with Crippen LogP contribution in [0.3, 0.4) is 0 Å². The van der Waals surface area contributed by atoms with E-state index in [2.05, 4.69) is 4.98 Å². The van der Waals surface area contributed by atoms with Crippen molar-refractivity contribution in [2.75, 3.05) is 11.5 Å². The third-order valence-electron chi connectivity index (χ3n) is 2.85. The zero-order chi connectivity index (χ0) is 13.6. The third kappa shape index (κ3) is 2.90. The van der Waals surface area contributed by atoms with E-state index in [1.165, 1.54) is 23.1 Å². The second-order valence-corrected chi connectivity index (χ2v) is 9.50. The predicted molar refractivity (Wildman–Crippen MR) is 78.9 cm³/mol. The molecule has 0 radical (unpaired) electrons. The maximum Gasteiger partial charge on any atom is 0.154 e. The van der Waals surface area contributed by atoms with Crippen molar-refractivity contribution in [1.29, 1.82) is 0 Å². The fourth-order valence-electron chi connectivity index (χ4n) is 1.97. The van der Waals surface area contributed by atoms with Gasteiger partial charge in [-0.3, -0.25) is 0 Å². The van der Waals surface area contributed by atoms with Crippen LogP contribution in [0.2, 0.25) is 5.02 Å². The van der Waals surface area contributed by atoms with Gasteiger partial charge >= 0.3 is 0 Å². The van der Waals surface area contributed by atoms with Gasteiger partial charge in [-0.2, -0.15) is 0 Å². The van der Waals surface area contributed by atoms with Crippen molar-refractivity contribution in [3.63, 3.8) is 0 Å². The molecule has 2 atom stereocenters. The highest BCUT2D eigenvalue weighted by Gasteiger charge is 2.37.